The number of H-pyrrole nitrogens is 1. The zero-order chi connectivity index (χ0) is 25.0. The van der Waals surface area contributed by atoms with Gasteiger partial charge >= 0.3 is 0 Å². The third kappa shape index (κ3) is 4.88. The van der Waals surface area contributed by atoms with Crippen LogP contribution in [0.25, 0.3) is 22.3 Å². The van der Waals surface area contributed by atoms with Crippen LogP contribution in [-0.4, -0.2) is 39.6 Å². The van der Waals surface area contributed by atoms with Gasteiger partial charge in [-0.25, -0.2) is 19.3 Å². The molecule has 5 aromatic rings. The maximum absolute atomic E-state index is 14.3. The van der Waals surface area contributed by atoms with E-state index < -0.39 is 5.82 Å². The first-order valence-electron chi connectivity index (χ1n) is 12.1. The second kappa shape index (κ2) is 10.1. The standard InChI is InChI=1S/C28H25FN6O2/c29-20-14-22(28(33-16-20)37-17-18-6-2-1-3-7-18)25-34-26(24-27(35-25)31-12-13-36-24)30-11-10-19-15-32-23-9-5-4-8-21(19)23/h1-9,14-16,32H,10-13,17H2,(H2,30,31,34,35). The van der Waals surface area contributed by atoms with E-state index in [1.165, 1.54) is 17.0 Å². The first-order valence-corrected chi connectivity index (χ1v) is 12.1. The highest BCUT2D eigenvalue weighted by atomic mass is 19.1. The number of aromatic nitrogens is 4. The summed E-state index contributed by atoms with van der Waals surface area (Å²) in [5.74, 6) is 1.67. The van der Waals surface area contributed by atoms with Crippen molar-refractivity contribution in [3.8, 4) is 23.0 Å². The fourth-order valence-corrected chi connectivity index (χ4v) is 4.35. The third-order valence-corrected chi connectivity index (χ3v) is 6.15. The number of pyridine rings is 1. The summed E-state index contributed by atoms with van der Waals surface area (Å²) < 4.78 is 26.1. The number of ether oxygens (including phenoxy) is 2. The van der Waals surface area contributed by atoms with E-state index in [2.05, 4.69) is 37.7 Å². The monoisotopic (exact) mass is 496 g/mol. The van der Waals surface area contributed by atoms with E-state index in [-0.39, 0.29) is 12.5 Å². The highest BCUT2D eigenvalue weighted by Crippen LogP contribution is 2.37. The first kappa shape index (κ1) is 22.8. The molecule has 37 heavy (non-hydrogen) atoms. The van der Waals surface area contributed by atoms with Crippen molar-refractivity contribution in [3.05, 3.63) is 90.0 Å². The molecule has 0 bridgehead atoms. The van der Waals surface area contributed by atoms with Crippen molar-refractivity contribution in [2.24, 2.45) is 0 Å². The molecule has 0 saturated carbocycles. The summed E-state index contributed by atoms with van der Waals surface area (Å²) in [5.41, 5.74) is 3.65. The Morgan fingerprint density at radius 1 is 1.05 bits per heavy atom. The summed E-state index contributed by atoms with van der Waals surface area (Å²) in [4.78, 5) is 16.8. The Labute approximate surface area is 212 Å². The molecule has 4 heterocycles. The van der Waals surface area contributed by atoms with E-state index in [9.17, 15) is 4.39 Å². The SMILES string of the molecule is Fc1cnc(OCc2ccccc2)c(-c2nc3c(c(NCCc4c[nH]c5ccccc45)n2)OCCN3)c1. The van der Waals surface area contributed by atoms with Crippen LogP contribution in [0.3, 0.4) is 0 Å². The Kier molecular flexibility index (Phi) is 6.24. The number of nitrogens with one attached hydrogen (secondary N) is 3. The molecule has 1 aliphatic heterocycles. The summed E-state index contributed by atoms with van der Waals surface area (Å²) in [7, 11) is 0. The Hall–Kier alpha value is -4.66. The summed E-state index contributed by atoms with van der Waals surface area (Å²) in [6, 6.07) is 19.3. The molecule has 9 heteroatoms. The molecule has 0 fully saturated rings. The van der Waals surface area contributed by atoms with Crippen LogP contribution >= 0.6 is 0 Å². The van der Waals surface area contributed by atoms with Gasteiger partial charge in [0.25, 0.3) is 0 Å². The minimum Gasteiger partial charge on any atom is -0.485 e. The van der Waals surface area contributed by atoms with E-state index in [4.69, 9.17) is 14.5 Å². The zero-order valence-corrected chi connectivity index (χ0v) is 20.0. The van der Waals surface area contributed by atoms with Crippen LogP contribution in [0.15, 0.2) is 73.1 Å². The van der Waals surface area contributed by atoms with Gasteiger partial charge in [-0.1, -0.05) is 48.5 Å². The molecule has 3 aromatic heterocycles. The van der Waals surface area contributed by atoms with Crippen LogP contribution in [0.2, 0.25) is 0 Å². The molecule has 0 saturated heterocycles. The van der Waals surface area contributed by atoms with Crippen LogP contribution in [0.4, 0.5) is 16.0 Å². The van der Waals surface area contributed by atoms with Crippen molar-refractivity contribution >= 4 is 22.5 Å². The Bertz CT molecular complexity index is 1540. The average molecular weight is 497 g/mol. The minimum absolute atomic E-state index is 0.256. The summed E-state index contributed by atoms with van der Waals surface area (Å²) in [5, 5.41) is 7.84. The lowest BCUT2D eigenvalue weighted by atomic mass is 10.1. The number of rotatable bonds is 8. The zero-order valence-electron chi connectivity index (χ0n) is 20.0. The molecule has 186 valence electrons. The lowest BCUT2D eigenvalue weighted by Gasteiger charge is -2.22. The number of hydrogen-bond donors (Lipinski definition) is 3. The van der Waals surface area contributed by atoms with Crippen molar-refractivity contribution in [2.45, 2.75) is 13.0 Å². The van der Waals surface area contributed by atoms with Gasteiger partial charge in [0, 0.05) is 23.6 Å². The number of aromatic amines is 1. The minimum atomic E-state index is -0.499. The van der Waals surface area contributed by atoms with Crippen LogP contribution in [0.1, 0.15) is 11.1 Å². The summed E-state index contributed by atoms with van der Waals surface area (Å²) in [6.45, 7) is 2.01. The first-order chi connectivity index (χ1) is 18.2. The van der Waals surface area contributed by atoms with Gasteiger partial charge in [-0.3, -0.25) is 0 Å². The topological polar surface area (TPSA) is 97.0 Å². The highest BCUT2D eigenvalue weighted by molar-refractivity contribution is 5.83. The maximum atomic E-state index is 14.3. The number of fused-ring (bicyclic) bond motifs is 2. The molecule has 6 rings (SSSR count). The molecule has 3 N–H and O–H groups in total. The summed E-state index contributed by atoms with van der Waals surface area (Å²) in [6.07, 6.45) is 3.93. The predicted octanol–water partition coefficient (Wildman–Crippen LogP) is 5.20. The highest BCUT2D eigenvalue weighted by Gasteiger charge is 2.22. The van der Waals surface area contributed by atoms with E-state index in [1.54, 1.807) is 0 Å². The van der Waals surface area contributed by atoms with Gasteiger partial charge < -0.3 is 25.1 Å². The molecule has 0 unspecified atom stereocenters. The predicted molar refractivity (Wildman–Crippen MR) is 140 cm³/mol. The van der Waals surface area contributed by atoms with Gasteiger partial charge in [-0.2, -0.15) is 0 Å². The van der Waals surface area contributed by atoms with Crippen molar-refractivity contribution < 1.29 is 13.9 Å². The Morgan fingerprint density at radius 3 is 2.84 bits per heavy atom. The molecule has 1 aliphatic rings. The third-order valence-electron chi connectivity index (χ3n) is 6.15. The van der Waals surface area contributed by atoms with Gasteiger partial charge in [0.1, 0.15) is 19.0 Å². The molecule has 0 atom stereocenters. The second-order valence-corrected chi connectivity index (χ2v) is 8.67. The average Bonchev–Trinajstić information content (AvgIpc) is 3.36. The van der Waals surface area contributed by atoms with E-state index >= 15 is 0 Å². The lowest BCUT2D eigenvalue weighted by molar-refractivity contribution is 0.294. The van der Waals surface area contributed by atoms with Crippen molar-refractivity contribution in [2.75, 3.05) is 30.3 Å². The summed E-state index contributed by atoms with van der Waals surface area (Å²) >= 11 is 0. The number of halogens is 1. The number of benzene rings is 2. The molecule has 8 nitrogen and oxygen atoms in total. The molecule has 0 spiro atoms. The normalized spacial score (nSPS) is 12.5. The van der Waals surface area contributed by atoms with Gasteiger partial charge in [0.2, 0.25) is 11.6 Å². The van der Waals surface area contributed by atoms with Gasteiger partial charge in [-0.15, -0.1) is 0 Å². The van der Waals surface area contributed by atoms with Gasteiger partial charge in [0.15, 0.2) is 17.5 Å². The quantitative estimate of drug-likeness (QED) is 0.272. The Morgan fingerprint density at radius 2 is 1.92 bits per heavy atom. The fourth-order valence-electron chi connectivity index (χ4n) is 4.35. The van der Waals surface area contributed by atoms with Crippen LogP contribution in [0.5, 0.6) is 11.6 Å². The number of nitrogens with zero attached hydrogens (tertiary/aromatic N) is 3. The number of hydrogen-bond acceptors (Lipinski definition) is 7. The lowest BCUT2D eigenvalue weighted by Crippen LogP contribution is -2.22. The van der Waals surface area contributed by atoms with E-state index in [0.29, 0.717) is 48.5 Å². The van der Waals surface area contributed by atoms with Crippen LogP contribution in [0, 0.1) is 5.82 Å². The van der Waals surface area contributed by atoms with Crippen molar-refractivity contribution in [1.29, 1.82) is 0 Å². The number of para-hydroxylation sites is 1. The van der Waals surface area contributed by atoms with E-state index in [1.807, 2.05) is 48.7 Å². The molecule has 0 amide bonds. The van der Waals surface area contributed by atoms with Gasteiger partial charge in [-0.05, 0) is 29.7 Å². The van der Waals surface area contributed by atoms with Crippen LogP contribution < -0.4 is 20.1 Å². The van der Waals surface area contributed by atoms with Crippen molar-refractivity contribution in [3.63, 3.8) is 0 Å². The second-order valence-electron chi connectivity index (χ2n) is 8.67. The molecular formula is C28H25FN6O2. The molecular weight excluding hydrogens is 471 g/mol. The molecule has 2 aromatic carbocycles. The maximum Gasteiger partial charge on any atom is 0.225 e. The molecule has 0 aliphatic carbocycles. The number of anilines is 2. The smallest absolute Gasteiger partial charge is 0.225 e. The largest absolute Gasteiger partial charge is 0.485 e. The Balaban J connectivity index is 1.28. The fraction of sp³-hybridized carbons (Fsp3) is 0.179. The van der Waals surface area contributed by atoms with Crippen molar-refractivity contribution in [1.82, 2.24) is 19.9 Å². The van der Waals surface area contributed by atoms with Crippen LogP contribution in [-0.2, 0) is 13.0 Å². The molecule has 0 radical (unpaired) electrons. The van der Waals surface area contributed by atoms with Gasteiger partial charge in [0.05, 0.1) is 18.3 Å². The van der Waals surface area contributed by atoms with E-state index in [0.717, 1.165) is 23.7 Å².